The van der Waals surface area contributed by atoms with E-state index in [1.54, 1.807) is 25.3 Å². The standard InChI is InChI=1S/C13H13ClN2O3/c1-8(13(17)18)15-7-12-16-6-11(19-12)9-2-4-10(14)5-3-9/h2-6,8,15H,7H2,1H3,(H,17,18). The minimum absolute atomic E-state index is 0.265. The summed E-state index contributed by atoms with van der Waals surface area (Å²) in [6, 6.07) is 6.55. The van der Waals surface area contributed by atoms with Gasteiger partial charge in [0, 0.05) is 10.6 Å². The zero-order valence-electron chi connectivity index (χ0n) is 10.3. The van der Waals surface area contributed by atoms with Crippen LogP contribution in [0.3, 0.4) is 0 Å². The summed E-state index contributed by atoms with van der Waals surface area (Å²) >= 11 is 5.81. The lowest BCUT2D eigenvalue weighted by Gasteiger charge is -2.05. The second kappa shape index (κ2) is 5.86. The van der Waals surface area contributed by atoms with Crippen molar-refractivity contribution in [3.63, 3.8) is 0 Å². The number of nitrogens with zero attached hydrogens (tertiary/aromatic N) is 1. The van der Waals surface area contributed by atoms with Gasteiger partial charge in [0.25, 0.3) is 0 Å². The summed E-state index contributed by atoms with van der Waals surface area (Å²) in [4.78, 5) is 14.7. The number of hydrogen-bond acceptors (Lipinski definition) is 4. The molecule has 1 atom stereocenters. The summed E-state index contributed by atoms with van der Waals surface area (Å²) < 4.78 is 5.53. The van der Waals surface area contributed by atoms with Gasteiger partial charge in [-0.25, -0.2) is 4.98 Å². The number of benzene rings is 1. The van der Waals surface area contributed by atoms with Crippen LogP contribution in [0.25, 0.3) is 11.3 Å². The summed E-state index contributed by atoms with van der Waals surface area (Å²) in [7, 11) is 0. The Bertz CT molecular complexity index is 566. The Morgan fingerprint density at radius 1 is 1.47 bits per heavy atom. The van der Waals surface area contributed by atoms with Crippen molar-refractivity contribution in [2.75, 3.05) is 0 Å². The normalized spacial score (nSPS) is 12.3. The minimum Gasteiger partial charge on any atom is -0.480 e. The molecule has 0 amide bonds. The highest BCUT2D eigenvalue weighted by molar-refractivity contribution is 6.30. The molecule has 2 aromatic rings. The minimum atomic E-state index is -0.913. The Hall–Kier alpha value is -1.85. The first-order chi connectivity index (χ1) is 9.06. The van der Waals surface area contributed by atoms with Crippen molar-refractivity contribution in [2.45, 2.75) is 19.5 Å². The van der Waals surface area contributed by atoms with Crippen LogP contribution in [0.1, 0.15) is 12.8 Å². The molecule has 2 N–H and O–H groups in total. The van der Waals surface area contributed by atoms with Crippen molar-refractivity contribution in [2.24, 2.45) is 0 Å². The third-order valence-corrected chi connectivity index (χ3v) is 2.86. The number of aromatic nitrogens is 1. The first-order valence-electron chi connectivity index (χ1n) is 5.73. The molecule has 0 saturated carbocycles. The summed E-state index contributed by atoms with van der Waals surface area (Å²) in [6.45, 7) is 1.83. The van der Waals surface area contributed by atoms with E-state index < -0.39 is 12.0 Å². The molecule has 1 unspecified atom stereocenters. The fraction of sp³-hybridized carbons (Fsp3) is 0.231. The predicted octanol–water partition coefficient (Wildman–Crippen LogP) is 2.56. The first-order valence-corrected chi connectivity index (χ1v) is 6.11. The van der Waals surface area contributed by atoms with Crippen LogP contribution in [0, 0.1) is 0 Å². The van der Waals surface area contributed by atoms with E-state index in [4.69, 9.17) is 21.1 Å². The molecule has 6 heteroatoms. The molecular formula is C13H13ClN2O3. The van der Waals surface area contributed by atoms with Crippen LogP contribution in [0.5, 0.6) is 0 Å². The average Bonchev–Trinajstić information content (AvgIpc) is 2.85. The van der Waals surface area contributed by atoms with Crippen molar-refractivity contribution in [3.05, 3.63) is 41.4 Å². The van der Waals surface area contributed by atoms with Gasteiger partial charge in [-0.3, -0.25) is 10.1 Å². The fourth-order valence-corrected chi connectivity index (χ4v) is 1.59. The number of oxazole rings is 1. The molecular weight excluding hydrogens is 268 g/mol. The first kappa shape index (κ1) is 13.6. The molecule has 0 fully saturated rings. The Labute approximate surface area is 115 Å². The number of hydrogen-bond donors (Lipinski definition) is 2. The molecule has 0 radical (unpaired) electrons. The third-order valence-electron chi connectivity index (χ3n) is 2.61. The van der Waals surface area contributed by atoms with Crippen LogP contribution in [0.2, 0.25) is 5.02 Å². The predicted molar refractivity (Wildman–Crippen MR) is 70.9 cm³/mol. The molecule has 0 spiro atoms. The van der Waals surface area contributed by atoms with Gasteiger partial charge in [0.2, 0.25) is 5.89 Å². The Morgan fingerprint density at radius 2 is 2.16 bits per heavy atom. The van der Waals surface area contributed by atoms with Crippen molar-refractivity contribution in [3.8, 4) is 11.3 Å². The van der Waals surface area contributed by atoms with E-state index in [-0.39, 0.29) is 6.54 Å². The highest BCUT2D eigenvalue weighted by Crippen LogP contribution is 2.22. The fourth-order valence-electron chi connectivity index (χ4n) is 1.47. The summed E-state index contributed by atoms with van der Waals surface area (Å²) in [5.74, 6) is 0.152. The summed E-state index contributed by atoms with van der Waals surface area (Å²) in [5, 5.41) is 12.2. The second-order valence-electron chi connectivity index (χ2n) is 4.07. The molecule has 100 valence electrons. The Kier molecular flexibility index (Phi) is 4.19. The van der Waals surface area contributed by atoms with Gasteiger partial charge in [0.15, 0.2) is 5.76 Å². The lowest BCUT2D eigenvalue weighted by atomic mass is 10.2. The molecule has 1 aromatic heterocycles. The van der Waals surface area contributed by atoms with Gasteiger partial charge in [-0.05, 0) is 31.2 Å². The number of halogens is 1. The molecule has 5 nitrogen and oxygen atoms in total. The SMILES string of the molecule is CC(NCc1ncc(-c2ccc(Cl)cc2)o1)C(=O)O. The highest BCUT2D eigenvalue weighted by Gasteiger charge is 2.12. The zero-order chi connectivity index (χ0) is 13.8. The van der Waals surface area contributed by atoms with E-state index in [1.807, 2.05) is 12.1 Å². The second-order valence-corrected chi connectivity index (χ2v) is 4.50. The maximum atomic E-state index is 10.7. The van der Waals surface area contributed by atoms with Crippen molar-refractivity contribution >= 4 is 17.6 Å². The van der Waals surface area contributed by atoms with Crippen molar-refractivity contribution < 1.29 is 14.3 Å². The summed E-state index contributed by atoms with van der Waals surface area (Å²) in [6.07, 6.45) is 1.60. The number of carboxylic acids is 1. The average molecular weight is 281 g/mol. The molecule has 0 saturated heterocycles. The highest BCUT2D eigenvalue weighted by atomic mass is 35.5. The van der Waals surface area contributed by atoms with Crippen LogP contribution >= 0.6 is 11.6 Å². The van der Waals surface area contributed by atoms with Gasteiger partial charge < -0.3 is 9.52 Å². The van der Waals surface area contributed by atoms with E-state index in [2.05, 4.69) is 10.3 Å². The van der Waals surface area contributed by atoms with E-state index in [9.17, 15) is 4.79 Å². The molecule has 0 aliphatic heterocycles. The number of carbonyl (C=O) groups is 1. The quantitative estimate of drug-likeness (QED) is 0.880. The molecule has 1 heterocycles. The molecule has 2 rings (SSSR count). The van der Waals surface area contributed by atoms with Gasteiger partial charge in [0.1, 0.15) is 6.04 Å². The van der Waals surface area contributed by atoms with Crippen LogP contribution in [-0.2, 0) is 11.3 Å². The molecule has 1 aromatic carbocycles. The van der Waals surface area contributed by atoms with Crippen LogP contribution in [0.4, 0.5) is 0 Å². The number of carboxylic acid groups (broad SMARTS) is 1. The van der Waals surface area contributed by atoms with Gasteiger partial charge in [-0.1, -0.05) is 11.6 Å². The molecule has 19 heavy (non-hydrogen) atoms. The summed E-state index contributed by atoms with van der Waals surface area (Å²) in [5.41, 5.74) is 0.870. The Morgan fingerprint density at radius 3 is 2.79 bits per heavy atom. The lowest BCUT2D eigenvalue weighted by molar-refractivity contribution is -0.139. The van der Waals surface area contributed by atoms with Crippen LogP contribution in [0.15, 0.2) is 34.9 Å². The van der Waals surface area contributed by atoms with Crippen LogP contribution in [-0.4, -0.2) is 22.1 Å². The van der Waals surface area contributed by atoms with Crippen molar-refractivity contribution in [1.29, 1.82) is 0 Å². The van der Waals surface area contributed by atoms with Gasteiger partial charge in [-0.2, -0.15) is 0 Å². The molecule has 0 bridgehead atoms. The van der Waals surface area contributed by atoms with Crippen molar-refractivity contribution in [1.82, 2.24) is 10.3 Å². The molecule has 0 aliphatic rings. The monoisotopic (exact) mass is 280 g/mol. The smallest absolute Gasteiger partial charge is 0.320 e. The molecule has 0 aliphatic carbocycles. The van der Waals surface area contributed by atoms with E-state index >= 15 is 0 Å². The van der Waals surface area contributed by atoms with Crippen LogP contribution < -0.4 is 5.32 Å². The van der Waals surface area contributed by atoms with E-state index in [1.165, 1.54) is 0 Å². The number of nitrogens with one attached hydrogen (secondary N) is 1. The maximum Gasteiger partial charge on any atom is 0.320 e. The van der Waals surface area contributed by atoms with E-state index in [0.29, 0.717) is 16.7 Å². The number of rotatable bonds is 5. The largest absolute Gasteiger partial charge is 0.480 e. The topological polar surface area (TPSA) is 75.4 Å². The number of aliphatic carboxylic acids is 1. The van der Waals surface area contributed by atoms with Gasteiger partial charge in [0.05, 0.1) is 12.7 Å². The van der Waals surface area contributed by atoms with E-state index in [0.717, 1.165) is 5.56 Å². The Balaban J connectivity index is 2.03. The third kappa shape index (κ3) is 3.56. The van der Waals surface area contributed by atoms with Gasteiger partial charge >= 0.3 is 5.97 Å². The zero-order valence-corrected chi connectivity index (χ0v) is 11.0. The van der Waals surface area contributed by atoms with Gasteiger partial charge in [-0.15, -0.1) is 0 Å². The maximum absolute atomic E-state index is 10.7. The lowest BCUT2D eigenvalue weighted by Crippen LogP contribution is -2.33.